The Morgan fingerprint density at radius 2 is 2.00 bits per heavy atom. The Kier molecular flexibility index (Phi) is 7.01. The smallest absolute Gasteiger partial charge is 0.115 e. The Balaban J connectivity index is 2.70. The zero-order chi connectivity index (χ0) is 16.9. The zero-order valence-corrected chi connectivity index (χ0v) is 13.0. The van der Waals surface area contributed by atoms with Crippen LogP contribution in [0.4, 0.5) is 0 Å². The molecule has 5 nitrogen and oxygen atoms in total. The van der Waals surface area contributed by atoms with Gasteiger partial charge in [-0.15, -0.1) is 0 Å². The predicted octanol–water partition coefficient (Wildman–Crippen LogP) is 0.301. The van der Waals surface area contributed by atoms with Crippen LogP contribution in [0.5, 0.6) is 0 Å². The largest absolute Gasteiger partial charge is 0.389 e. The molecule has 0 aromatic heterocycles. The maximum Gasteiger partial charge on any atom is 0.115 e. The van der Waals surface area contributed by atoms with E-state index in [1.807, 2.05) is 0 Å². The van der Waals surface area contributed by atoms with Gasteiger partial charge in [0.2, 0.25) is 0 Å². The molecule has 0 saturated heterocycles. The van der Waals surface area contributed by atoms with E-state index in [-0.39, 0.29) is 5.57 Å². The standard InChI is InChI=1S/C17H24O5/c1-10(2)13(18)8-6-11(3)5-7-12-9-14(19)17(22-4)16(21)15(12)20/h9,13-21H,1,3,6,8H2,2,4H3/t13?,14-,15-,16-,17-/m0/s1. The highest BCUT2D eigenvalue weighted by Crippen LogP contribution is 2.22. The molecule has 0 heterocycles. The number of hydrogen-bond donors (Lipinski definition) is 4. The Hall–Kier alpha value is -1.42. The lowest BCUT2D eigenvalue weighted by Gasteiger charge is -2.32. The van der Waals surface area contributed by atoms with Gasteiger partial charge in [0.1, 0.15) is 24.4 Å². The SMILES string of the molecule is C=C(C#CC1=C[C@H](O)[C@H](OC)[C@@H](O)[C@H]1O)CCC(O)C(=C)C. The first-order valence-corrected chi connectivity index (χ1v) is 7.10. The van der Waals surface area contributed by atoms with Crippen LogP contribution in [0, 0.1) is 11.8 Å². The maximum absolute atomic E-state index is 9.97. The maximum atomic E-state index is 9.97. The third kappa shape index (κ3) is 4.80. The van der Waals surface area contributed by atoms with E-state index in [4.69, 9.17) is 4.74 Å². The molecule has 0 aromatic rings. The molecule has 0 fully saturated rings. The second-order valence-electron chi connectivity index (χ2n) is 5.50. The van der Waals surface area contributed by atoms with Crippen LogP contribution in [0.2, 0.25) is 0 Å². The summed E-state index contributed by atoms with van der Waals surface area (Å²) in [5.74, 6) is 5.49. The van der Waals surface area contributed by atoms with Gasteiger partial charge >= 0.3 is 0 Å². The third-order valence-corrected chi connectivity index (χ3v) is 3.61. The van der Waals surface area contributed by atoms with Gasteiger partial charge in [-0.05, 0) is 31.4 Å². The van der Waals surface area contributed by atoms with Crippen molar-refractivity contribution in [3.05, 3.63) is 36.0 Å². The second-order valence-corrected chi connectivity index (χ2v) is 5.50. The zero-order valence-electron chi connectivity index (χ0n) is 13.0. The fourth-order valence-electron chi connectivity index (χ4n) is 2.12. The van der Waals surface area contributed by atoms with Crippen LogP contribution in [0.1, 0.15) is 19.8 Å². The van der Waals surface area contributed by atoms with E-state index in [9.17, 15) is 20.4 Å². The molecule has 1 aliphatic carbocycles. The number of hydrogen-bond acceptors (Lipinski definition) is 5. The summed E-state index contributed by atoms with van der Waals surface area (Å²) in [4.78, 5) is 0. The summed E-state index contributed by atoms with van der Waals surface area (Å²) < 4.78 is 4.94. The highest BCUT2D eigenvalue weighted by Gasteiger charge is 2.37. The highest BCUT2D eigenvalue weighted by molar-refractivity contribution is 5.41. The molecule has 5 atom stereocenters. The molecule has 1 aliphatic rings. The van der Waals surface area contributed by atoms with Gasteiger partial charge in [-0.25, -0.2) is 0 Å². The third-order valence-electron chi connectivity index (χ3n) is 3.61. The van der Waals surface area contributed by atoms with E-state index in [0.717, 1.165) is 0 Å². The number of methoxy groups -OCH3 is 1. The number of ether oxygens (including phenoxy) is 1. The molecule has 0 saturated carbocycles. The van der Waals surface area contributed by atoms with E-state index < -0.39 is 30.5 Å². The highest BCUT2D eigenvalue weighted by atomic mass is 16.5. The number of rotatable bonds is 5. The molecule has 0 aromatic carbocycles. The van der Waals surface area contributed by atoms with Crippen molar-refractivity contribution in [2.24, 2.45) is 0 Å². The predicted molar refractivity (Wildman–Crippen MR) is 83.9 cm³/mol. The van der Waals surface area contributed by atoms with Crippen LogP contribution in [0.25, 0.3) is 0 Å². The molecular weight excluding hydrogens is 284 g/mol. The molecule has 0 spiro atoms. The fraction of sp³-hybridized carbons (Fsp3) is 0.529. The first kappa shape index (κ1) is 18.6. The molecule has 1 unspecified atom stereocenters. The number of aliphatic hydroxyl groups excluding tert-OH is 4. The Labute approximate surface area is 131 Å². The van der Waals surface area contributed by atoms with Gasteiger partial charge in [-0.2, -0.15) is 0 Å². The minimum Gasteiger partial charge on any atom is -0.389 e. The minimum absolute atomic E-state index is 0.231. The molecule has 5 heteroatoms. The molecular formula is C17H24O5. The first-order valence-electron chi connectivity index (χ1n) is 7.10. The molecule has 0 amide bonds. The van der Waals surface area contributed by atoms with E-state index in [0.29, 0.717) is 24.0 Å². The summed E-state index contributed by atoms with van der Waals surface area (Å²) in [7, 11) is 1.35. The van der Waals surface area contributed by atoms with Crippen LogP contribution in [0.3, 0.4) is 0 Å². The van der Waals surface area contributed by atoms with Crippen LogP contribution >= 0.6 is 0 Å². The van der Waals surface area contributed by atoms with Gasteiger partial charge in [0.25, 0.3) is 0 Å². The van der Waals surface area contributed by atoms with E-state index >= 15 is 0 Å². The Morgan fingerprint density at radius 1 is 1.36 bits per heavy atom. The molecule has 22 heavy (non-hydrogen) atoms. The van der Waals surface area contributed by atoms with Gasteiger partial charge in [-0.1, -0.05) is 30.6 Å². The fourth-order valence-corrected chi connectivity index (χ4v) is 2.12. The monoisotopic (exact) mass is 308 g/mol. The van der Waals surface area contributed by atoms with Gasteiger partial charge in [0, 0.05) is 12.7 Å². The van der Waals surface area contributed by atoms with Crippen molar-refractivity contribution >= 4 is 0 Å². The first-order chi connectivity index (χ1) is 10.3. The van der Waals surface area contributed by atoms with E-state index in [2.05, 4.69) is 25.0 Å². The lowest BCUT2D eigenvalue weighted by Crippen LogP contribution is -2.49. The van der Waals surface area contributed by atoms with Crippen LogP contribution in [-0.4, -0.2) is 58.1 Å². The molecule has 1 rings (SSSR count). The van der Waals surface area contributed by atoms with Crippen LogP contribution < -0.4 is 0 Å². The quantitative estimate of drug-likeness (QED) is 0.433. The van der Waals surface area contributed by atoms with Crippen LogP contribution in [-0.2, 0) is 4.74 Å². The Morgan fingerprint density at radius 3 is 2.55 bits per heavy atom. The van der Waals surface area contributed by atoms with Crippen molar-refractivity contribution in [1.29, 1.82) is 0 Å². The molecule has 0 radical (unpaired) electrons. The van der Waals surface area contributed by atoms with Crippen molar-refractivity contribution in [3.8, 4) is 11.8 Å². The number of aliphatic hydroxyl groups is 4. The molecule has 122 valence electrons. The van der Waals surface area contributed by atoms with Crippen molar-refractivity contribution in [2.75, 3.05) is 7.11 Å². The minimum atomic E-state index is -1.24. The normalized spacial score (nSPS) is 29.1. The summed E-state index contributed by atoms with van der Waals surface area (Å²) in [5, 5.41) is 39.3. The summed E-state index contributed by atoms with van der Waals surface area (Å²) in [6.45, 7) is 9.21. The van der Waals surface area contributed by atoms with Gasteiger partial charge in [0.15, 0.2) is 0 Å². The van der Waals surface area contributed by atoms with E-state index in [1.54, 1.807) is 6.92 Å². The topological polar surface area (TPSA) is 90.2 Å². The van der Waals surface area contributed by atoms with Gasteiger partial charge < -0.3 is 25.2 Å². The average molecular weight is 308 g/mol. The summed E-state index contributed by atoms with van der Waals surface area (Å²) in [5.41, 5.74) is 1.50. The molecule has 4 N–H and O–H groups in total. The van der Waals surface area contributed by atoms with Gasteiger partial charge in [-0.3, -0.25) is 0 Å². The van der Waals surface area contributed by atoms with Crippen molar-refractivity contribution in [2.45, 2.75) is 50.3 Å². The summed E-state index contributed by atoms with van der Waals surface area (Å²) >= 11 is 0. The van der Waals surface area contributed by atoms with Crippen molar-refractivity contribution in [3.63, 3.8) is 0 Å². The number of allylic oxidation sites excluding steroid dienone is 1. The lowest BCUT2D eigenvalue weighted by molar-refractivity contribution is -0.108. The van der Waals surface area contributed by atoms with Crippen molar-refractivity contribution in [1.82, 2.24) is 0 Å². The van der Waals surface area contributed by atoms with Gasteiger partial charge in [0.05, 0.1) is 6.10 Å². The average Bonchev–Trinajstić information content (AvgIpc) is 2.47. The van der Waals surface area contributed by atoms with Crippen LogP contribution in [0.15, 0.2) is 36.0 Å². The summed E-state index contributed by atoms with van der Waals surface area (Å²) in [6, 6.07) is 0. The Bertz CT molecular complexity index is 511. The van der Waals surface area contributed by atoms with E-state index in [1.165, 1.54) is 13.2 Å². The molecule has 0 bridgehead atoms. The lowest BCUT2D eigenvalue weighted by atomic mass is 9.89. The molecule has 0 aliphatic heterocycles. The second kappa shape index (κ2) is 8.28. The van der Waals surface area contributed by atoms with Crippen molar-refractivity contribution < 1.29 is 25.2 Å². The summed E-state index contributed by atoms with van der Waals surface area (Å²) in [6.07, 6.45) is -2.63.